The molecule has 1 aliphatic carbocycles. The zero-order chi connectivity index (χ0) is 13.7. The van der Waals surface area contributed by atoms with Crippen molar-refractivity contribution in [2.24, 2.45) is 5.92 Å². The molecule has 0 bridgehead atoms. The van der Waals surface area contributed by atoms with Gasteiger partial charge in [-0.3, -0.25) is 4.18 Å². The lowest BCUT2D eigenvalue weighted by Gasteiger charge is -2.26. The van der Waals surface area contributed by atoms with Crippen LogP contribution in [0.15, 0.2) is 0 Å². The number of piperidine rings is 1. The Bertz CT molecular complexity index is 453. The Kier molecular flexibility index (Phi) is 3.09. The first-order valence-electron chi connectivity index (χ1n) is 5.95. The fraction of sp³-hybridized carbons (Fsp3) is 0.909. The van der Waals surface area contributed by atoms with Gasteiger partial charge in [0.05, 0.1) is 18.9 Å². The lowest BCUT2D eigenvalue weighted by Crippen LogP contribution is -2.38. The Morgan fingerprint density at radius 3 is 2.44 bits per heavy atom. The molecule has 7 heteroatoms. The minimum absolute atomic E-state index is 0.0756. The molecule has 0 N–H and O–H groups in total. The van der Waals surface area contributed by atoms with Crippen LogP contribution < -0.4 is 0 Å². The average molecular weight is 277 g/mol. The second-order valence-electron chi connectivity index (χ2n) is 5.94. The predicted molar refractivity (Wildman–Crippen MR) is 64.6 cm³/mol. The van der Waals surface area contributed by atoms with E-state index < -0.39 is 27.9 Å². The van der Waals surface area contributed by atoms with E-state index >= 15 is 0 Å². The molecule has 1 saturated carbocycles. The van der Waals surface area contributed by atoms with Crippen molar-refractivity contribution in [2.75, 3.05) is 12.8 Å². The van der Waals surface area contributed by atoms with Crippen LogP contribution in [0.3, 0.4) is 0 Å². The highest BCUT2D eigenvalue weighted by Crippen LogP contribution is 2.46. The molecule has 0 aromatic rings. The number of carbonyl (C=O) groups is 1. The van der Waals surface area contributed by atoms with Gasteiger partial charge in [0, 0.05) is 12.0 Å². The molecule has 1 amide bonds. The summed E-state index contributed by atoms with van der Waals surface area (Å²) in [5.74, 6) is 0.132. The van der Waals surface area contributed by atoms with Crippen molar-refractivity contribution in [2.45, 2.75) is 44.9 Å². The van der Waals surface area contributed by atoms with E-state index in [1.54, 1.807) is 25.7 Å². The quantitative estimate of drug-likeness (QED) is 0.703. The summed E-state index contributed by atoms with van der Waals surface area (Å²) in [6.45, 7) is 5.69. The molecule has 0 aromatic heterocycles. The maximum absolute atomic E-state index is 11.9. The van der Waals surface area contributed by atoms with Gasteiger partial charge >= 0.3 is 6.09 Å². The predicted octanol–water partition coefficient (Wildman–Crippen LogP) is 0.970. The summed E-state index contributed by atoms with van der Waals surface area (Å²) in [7, 11) is -3.48. The van der Waals surface area contributed by atoms with Crippen LogP contribution in [0.4, 0.5) is 4.79 Å². The van der Waals surface area contributed by atoms with E-state index in [9.17, 15) is 13.2 Å². The van der Waals surface area contributed by atoms with Crippen molar-refractivity contribution < 1.29 is 22.1 Å². The number of fused-ring (bicyclic) bond motifs is 1. The van der Waals surface area contributed by atoms with Gasteiger partial charge < -0.3 is 9.64 Å². The van der Waals surface area contributed by atoms with Gasteiger partial charge in [-0.25, -0.2) is 4.79 Å². The smallest absolute Gasteiger partial charge is 0.410 e. The van der Waals surface area contributed by atoms with Crippen molar-refractivity contribution in [3.8, 4) is 0 Å². The van der Waals surface area contributed by atoms with Crippen molar-refractivity contribution in [1.82, 2.24) is 4.90 Å². The number of ether oxygens (including phenoxy) is 1. The molecule has 6 nitrogen and oxygen atoms in total. The van der Waals surface area contributed by atoms with E-state index in [1.165, 1.54) is 0 Å². The number of hydrogen-bond acceptors (Lipinski definition) is 5. The monoisotopic (exact) mass is 277 g/mol. The molecular weight excluding hydrogens is 258 g/mol. The summed E-state index contributed by atoms with van der Waals surface area (Å²) in [6, 6.07) is 0.0756. The van der Waals surface area contributed by atoms with Crippen LogP contribution in [0.2, 0.25) is 0 Å². The summed E-state index contributed by atoms with van der Waals surface area (Å²) in [5.41, 5.74) is -0.544. The Balaban J connectivity index is 1.97. The Hall–Kier alpha value is -0.820. The third-order valence-corrected chi connectivity index (χ3v) is 3.58. The molecule has 3 unspecified atom stereocenters. The first kappa shape index (κ1) is 13.6. The highest BCUT2D eigenvalue weighted by atomic mass is 32.2. The van der Waals surface area contributed by atoms with Gasteiger partial charge in [0.2, 0.25) is 0 Å². The number of likely N-dealkylation sites (tertiary alicyclic amines) is 1. The highest BCUT2D eigenvalue weighted by molar-refractivity contribution is 7.86. The maximum Gasteiger partial charge on any atom is 0.410 e. The molecule has 1 saturated heterocycles. The second-order valence-corrected chi connectivity index (χ2v) is 7.54. The van der Waals surface area contributed by atoms with Crippen LogP contribution in [-0.2, 0) is 19.0 Å². The van der Waals surface area contributed by atoms with E-state index in [0.29, 0.717) is 0 Å². The minimum atomic E-state index is -3.48. The van der Waals surface area contributed by atoms with Crippen LogP contribution in [-0.4, -0.2) is 50.0 Å². The van der Waals surface area contributed by atoms with Gasteiger partial charge in [-0.05, 0) is 27.2 Å². The zero-order valence-electron chi connectivity index (χ0n) is 11.0. The fourth-order valence-electron chi connectivity index (χ4n) is 2.28. The van der Waals surface area contributed by atoms with Crippen molar-refractivity contribution >= 4 is 16.2 Å². The molecule has 3 atom stereocenters. The van der Waals surface area contributed by atoms with Crippen LogP contribution in [0.25, 0.3) is 0 Å². The summed E-state index contributed by atoms with van der Waals surface area (Å²) in [4.78, 5) is 13.5. The summed E-state index contributed by atoms with van der Waals surface area (Å²) in [6.07, 6.45) is 1.01. The molecule has 2 aliphatic rings. The largest absolute Gasteiger partial charge is 0.444 e. The molecule has 1 heterocycles. The molecule has 2 rings (SSSR count). The molecule has 0 radical (unpaired) electrons. The lowest BCUT2D eigenvalue weighted by atomic mass is 10.2. The fourth-order valence-corrected chi connectivity index (χ4v) is 2.93. The Morgan fingerprint density at radius 1 is 1.33 bits per heavy atom. The molecule has 2 fully saturated rings. The van der Waals surface area contributed by atoms with Crippen molar-refractivity contribution in [3.05, 3.63) is 0 Å². The zero-order valence-corrected chi connectivity index (χ0v) is 11.9. The number of amides is 1. The summed E-state index contributed by atoms with van der Waals surface area (Å²) in [5, 5.41) is 0. The summed E-state index contributed by atoms with van der Waals surface area (Å²) >= 11 is 0. The lowest BCUT2D eigenvalue weighted by molar-refractivity contribution is 0.0232. The van der Waals surface area contributed by atoms with Crippen LogP contribution in [0.5, 0.6) is 0 Å². The highest BCUT2D eigenvalue weighted by Gasteiger charge is 2.57. The maximum atomic E-state index is 11.9. The van der Waals surface area contributed by atoms with E-state index in [1.807, 2.05) is 0 Å². The number of carbonyl (C=O) groups excluding carboxylic acids is 1. The standard InChI is InChI=1S/C11H19NO5S/c1-11(2,3)16-10(13)12-6-9(7-5-8(7)12)17-18(4,14)15/h7-9H,5-6H2,1-4H3. The normalized spacial score (nSPS) is 31.1. The first-order valence-corrected chi connectivity index (χ1v) is 7.76. The van der Waals surface area contributed by atoms with Gasteiger partial charge in [-0.2, -0.15) is 8.42 Å². The second kappa shape index (κ2) is 4.09. The van der Waals surface area contributed by atoms with Crippen LogP contribution in [0, 0.1) is 5.92 Å². The molecule has 0 spiro atoms. The summed E-state index contributed by atoms with van der Waals surface area (Å²) < 4.78 is 32.5. The third kappa shape index (κ3) is 3.14. The Labute approximate surface area is 107 Å². The number of nitrogens with zero attached hydrogens (tertiary/aromatic N) is 1. The SMILES string of the molecule is CC(C)(C)OC(=O)N1CC(OS(C)(=O)=O)C2CC21. The molecule has 0 aromatic carbocycles. The van der Waals surface area contributed by atoms with Crippen molar-refractivity contribution in [1.29, 1.82) is 0 Å². The van der Waals surface area contributed by atoms with E-state index in [2.05, 4.69) is 0 Å². The van der Waals surface area contributed by atoms with Gasteiger partial charge in [-0.15, -0.1) is 0 Å². The van der Waals surface area contributed by atoms with E-state index in [-0.39, 0.29) is 18.5 Å². The van der Waals surface area contributed by atoms with Crippen molar-refractivity contribution in [3.63, 3.8) is 0 Å². The van der Waals surface area contributed by atoms with Crippen LogP contribution >= 0.6 is 0 Å². The van der Waals surface area contributed by atoms with E-state index in [0.717, 1.165) is 12.7 Å². The van der Waals surface area contributed by atoms with Crippen LogP contribution in [0.1, 0.15) is 27.2 Å². The first-order chi connectivity index (χ1) is 8.07. The number of rotatable bonds is 2. The number of hydrogen-bond donors (Lipinski definition) is 0. The minimum Gasteiger partial charge on any atom is -0.444 e. The molecule has 18 heavy (non-hydrogen) atoms. The van der Waals surface area contributed by atoms with E-state index in [4.69, 9.17) is 8.92 Å². The van der Waals surface area contributed by atoms with Gasteiger partial charge in [0.25, 0.3) is 10.1 Å². The van der Waals surface area contributed by atoms with Gasteiger partial charge in [0.15, 0.2) is 0 Å². The molecular formula is C11H19NO5S. The van der Waals surface area contributed by atoms with Gasteiger partial charge in [-0.1, -0.05) is 0 Å². The average Bonchev–Trinajstić information content (AvgIpc) is 2.80. The molecule has 1 aliphatic heterocycles. The Morgan fingerprint density at radius 2 is 1.94 bits per heavy atom. The molecule has 104 valence electrons. The van der Waals surface area contributed by atoms with Gasteiger partial charge in [0.1, 0.15) is 5.60 Å². The topological polar surface area (TPSA) is 72.9 Å². The third-order valence-electron chi connectivity index (χ3n) is 2.99.